The SMILES string of the molecule is C=CCNS(=O)(=O)c1ccc(C(=O)OCc2cc(F)cc3c2OCOC3)cc1. The van der Waals surface area contributed by atoms with Gasteiger partial charge in [-0.25, -0.2) is 22.3 Å². The standard InChI is InChI=1S/C19H18FNO6S/c1-2-7-21-28(23,24)17-5-3-13(4-6-17)19(22)26-11-15-9-16(20)8-14-10-25-12-27-18(14)15/h2-6,8-9,21H,1,7,10-12H2. The Labute approximate surface area is 161 Å². The molecule has 0 bridgehead atoms. The summed E-state index contributed by atoms with van der Waals surface area (Å²) in [6, 6.07) is 7.82. The molecule has 28 heavy (non-hydrogen) atoms. The summed E-state index contributed by atoms with van der Waals surface area (Å²) in [7, 11) is -3.68. The molecule has 0 atom stereocenters. The van der Waals surface area contributed by atoms with Crippen molar-refractivity contribution < 1.29 is 31.8 Å². The lowest BCUT2D eigenvalue weighted by Gasteiger charge is -2.20. The zero-order valence-electron chi connectivity index (χ0n) is 14.8. The fraction of sp³-hybridized carbons (Fsp3) is 0.211. The second kappa shape index (κ2) is 8.51. The fourth-order valence-electron chi connectivity index (χ4n) is 2.61. The number of halogens is 1. The van der Waals surface area contributed by atoms with Crippen molar-refractivity contribution in [3.8, 4) is 5.75 Å². The quantitative estimate of drug-likeness (QED) is 0.560. The molecule has 0 amide bonds. The lowest BCUT2D eigenvalue weighted by molar-refractivity contribution is -0.0182. The second-order valence-corrected chi connectivity index (χ2v) is 7.67. The third-order valence-electron chi connectivity index (χ3n) is 3.93. The number of rotatable bonds is 7. The molecule has 1 N–H and O–H groups in total. The van der Waals surface area contributed by atoms with Crippen LogP contribution in [0.1, 0.15) is 21.5 Å². The van der Waals surface area contributed by atoms with Crippen LogP contribution >= 0.6 is 0 Å². The van der Waals surface area contributed by atoms with Crippen LogP contribution in [0.25, 0.3) is 0 Å². The number of hydrogen-bond acceptors (Lipinski definition) is 6. The third kappa shape index (κ3) is 4.56. The van der Waals surface area contributed by atoms with Crippen LogP contribution in [0.3, 0.4) is 0 Å². The maximum atomic E-state index is 13.7. The second-order valence-electron chi connectivity index (χ2n) is 5.90. The van der Waals surface area contributed by atoms with Crippen molar-refractivity contribution >= 4 is 16.0 Å². The predicted molar refractivity (Wildman–Crippen MR) is 97.6 cm³/mol. The number of hydrogen-bond donors (Lipinski definition) is 1. The van der Waals surface area contributed by atoms with Crippen molar-refractivity contribution in [1.29, 1.82) is 0 Å². The number of fused-ring (bicyclic) bond motifs is 1. The molecule has 0 saturated heterocycles. The molecule has 148 valence electrons. The average molecular weight is 407 g/mol. The molecule has 1 aliphatic rings. The normalized spacial score (nSPS) is 13.3. The van der Waals surface area contributed by atoms with Gasteiger partial charge in [0.2, 0.25) is 10.0 Å². The monoisotopic (exact) mass is 407 g/mol. The van der Waals surface area contributed by atoms with E-state index in [1.807, 2.05) is 0 Å². The van der Waals surface area contributed by atoms with E-state index < -0.39 is 21.8 Å². The summed E-state index contributed by atoms with van der Waals surface area (Å²) >= 11 is 0. The first kappa shape index (κ1) is 20.0. The molecule has 0 radical (unpaired) electrons. The van der Waals surface area contributed by atoms with Gasteiger partial charge in [0, 0.05) is 17.7 Å². The van der Waals surface area contributed by atoms with Gasteiger partial charge < -0.3 is 14.2 Å². The maximum Gasteiger partial charge on any atom is 0.338 e. The van der Waals surface area contributed by atoms with E-state index in [-0.39, 0.29) is 37.0 Å². The molecule has 7 nitrogen and oxygen atoms in total. The van der Waals surface area contributed by atoms with Crippen LogP contribution in [0.5, 0.6) is 5.75 Å². The highest BCUT2D eigenvalue weighted by Crippen LogP contribution is 2.30. The first-order valence-electron chi connectivity index (χ1n) is 8.30. The molecule has 0 saturated carbocycles. The molecule has 1 heterocycles. The minimum absolute atomic E-state index is 0.0125. The van der Waals surface area contributed by atoms with Crippen LogP contribution in [0.2, 0.25) is 0 Å². The lowest BCUT2D eigenvalue weighted by atomic mass is 10.1. The minimum Gasteiger partial charge on any atom is -0.467 e. The molecule has 0 aromatic heterocycles. The Bertz CT molecular complexity index is 988. The lowest BCUT2D eigenvalue weighted by Crippen LogP contribution is -2.23. The van der Waals surface area contributed by atoms with Crippen molar-refractivity contribution in [2.24, 2.45) is 0 Å². The zero-order valence-corrected chi connectivity index (χ0v) is 15.6. The van der Waals surface area contributed by atoms with E-state index in [4.69, 9.17) is 14.2 Å². The van der Waals surface area contributed by atoms with Gasteiger partial charge in [0.05, 0.1) is 17.1 Å². The van der Waals surface area contributed by atoms with Gasteiger partial charge >= 0.3 is 5.97 Å². The highest BCUT2D eigenvalue weighted by atomic mass is 32.2. The van der Waals surface area contributed by atoms with Gasteiger partial charge in [-0.05, 0) is 36.4 Å². The largest absolute Gasteiger partial charge is 0.467 e. The van der Waals surface area contributed by atoms with E-state index >= 15 is 0 Å². The van der Waals surface area contributed by atoms with Crippen molar-refractivity contribution in [1.82, 2.24) is 4.72 Å². The van der Waals surface area contributed by atoms with E-state index in [0.717, 1.165) is 0 Å². The molecular formula is C19H18FNO6S. The Hall–Kier alpha value is -2.75. The van der Waals surface area contributed by atoms with Crippen molar-refractivity contribution in [2.75, 3.05) is 13.3 Å². The summed E-state index contributed by atoms with van der Waals surface area (Å²) in [5, 5.41) is 0. The van der Waals surface area contributed by atoms with Gasteiger partial charge in [-0.3, -0.25) is 0 Å². The minimum atomic E-state index is -3.68. The number of carbonyl (C=O) groups is 1. The average Bonchev–Trinajstić information content (AvgIpc) is 2.70. The smallest absolute Gasteiger partial charge is 0.338 e. The molecule has 0 spiro atoms. The van der Waals surface area contributed by atoms with E-state index in [2.05, 4.69) is 11.3 Å². The Morgan fingerprint density at radius 2 is 2.04 bits per heavy atom. The van der Waals surface area contributed by atoms with Gasteiger partial charge in [-0.2, -0.15) is 0 Å². The summed E-state index contributed by atoms with van der Waals surface area (Å²) in [4.78, 5) is 12.3. The Morgan fingerprint density at radius 3 is 2.75 bits per heavy atom. The first-order valence-corrected chi connectivity index (χ1v) is 9.78. The van der Waals surface area contributed by atoms with Crippen molar-refractivity contribution in [3.05, 3.63) is 71.6 Å². The predicted octanol–water partition coefficient (Wildman–Crippen LogP) is 2.51. The molecule has 9 heteroatoms. The molecule has 2 aromatic carbocycles. The Kier molecular flexibility index (Phi) is 6.08. The highest BCUT2D eigenvalue weighted by molar-refractivity contribution is 7.89. The summed E-state index contributed by atoms with van der Waals surface area (Å²) < 4.78 is 55.8. The first-order chi connectivity index (χ1) is 13.4. The number of esters is 1. The molecule has 0 fully saturated rings. The molecule has 0 unspecified atom stereocenters. The van der Waals surface area contributed by atoms with Crippen LogP contribution in [0, 0.1) is 5.82 Å². The van der Waals surface area contributed by atoms with Gasteiger partial charge in [0.15, 0.2) is 6.79 Å². The number of ether oxygens (including phenoxy) is 3. The Balaban J connectivity index is 1.69. The molecule has 2 aromatic rings. The fourth-order valence-corrected chi connectivity index (χ4v) is 3.61. The Morgan fingerprint density at radius 1 is 1.29 bits per heavy atom. The molecule has 0 aliphatic carbocycles. The van der Waals surface area contributed by atoms with Gasteiger partial charge in [0.25, 0.3) is 0 Å². The zero-order chi connectivity index (χ0) is 20.1. The van der Waals surface area contributed by atoms with Gasteiger partial charge in [0.1, 0.15) is 18.2 Å². The summed E-state index contributed by atoms with van der Waals surface area (Å²) in [5.74, 6) is -0.719. The molecular weight excluding hydrogens is 389 g/mol. The number of carbonyl (C=O) groups excluding carboxylic acids is 1. The van der Waals surface area contributed by atoms with Crippen molar-refractivity contribution in [3.63, 3.8) is 0 Å². The highest BCUT2D eigenvalue weighted by Gasteiger charge is 2.19. The summed E-state index contributed by atoms with van der Waals surface area (Å²) in [5.41, 5.74) is 1.09. The van der Waals surface area contributed by atoms with E-state index in [1.165, 1.54) is 42.5 Å². The van der Waals surface area contributed by atoms with E-state index in [1.54, 1.807) is 0 Å². The molecule has 1 aliphatic heterocycles. The van der Waals surface area contributed by atoms with Gasteiger partial charge in [-0.15, -0.1) is 6.58 Å². The summed E-state index contributed by atoms with van der Waals surface area (Å²) in [6.07, 6.45) is 1.42. The topological polar surface area (TPSA) is 90.9 Å². The number of nitrogens with one attached hydrogen (secondary N) is 1. The van der Waals surface area contributed by atoms with Crippen LogP contribution in [0.4, 0.5) is 4.39 Å². The van der Waals surface area contributed by atoms with Crippen LogP contribution in [0.15, 0.2) is 53.9 Å². The van der Waals surface area contributed by atoms with Crippen LogP contribution < -0.4 is 9.46 Å². The maximum absolute atomic E-state index is 13.7. The van der Waals surface area contributed by atoms with E-state index in [9.17, 15) is 17.6 Å². The molecule has 3 rings (SSSR count). The van der Waals surface area contributed by atoms with Crippen molar-refractivity contribution in [2.45, 2.75) is 18.1 Å². The van der Waals surface area contributed by atoms with Crippen LogP contribution in [-0.4, -0.2) is 27.7 Å². The number of benzene rings is 2. The van der Waals surface area contributed by atoms with Crippen LogP contribution in [-0.2, 0) is 32.7 Å². The summed E-state index contributed by atoms with van der Waals surface area (Å²) in [6.45, 7) is 3.59. The number of sulfonamides is 1. The third-order valence-corrected chi connectivity index (χ3v) is 5.37. The van der Waals surface area contributed by atoms with E-state index in [0.29, 0.717) is 16.9 Å². The van der Waals surface area contributed by atoms with Gasteiger partial charge in [-0.1, -0.05) is 6.08 Å².